The molecule has 1 unspecified atom stereocenters. The van der Waals surface area contributed by atoms with Crippen LogP contribution in [-0.2, 0) is 20.7 Å². The number of anilines is 1. The molecule has 0 saturated heterocycles. The minimum Gasteiger partial charge on any atom is -0.462 e. The molecule has 6 nitrogen and oxygen atoms in total. The van der Waals surface area contributed by atoms with Crippen molar-refractivity contribution in [3.8, 4) is 0 Å². The number of carbonyl (C=O) groups is 3. The lowest BCUT2D eigenvalue weighted by molar-refractivity contribution is -0.126. The van der Waals surface area contributed by atoms with Crippen LogP contribution in [0.3, 0.4) is 0 Å². The minimum atomic E-state index is -0.690. The molecule has 6 heteroatoms. The molecule has 178 valence electrons. The fourth-order valence-electron chi connectivity index (χ4n) is 3.35. The minimum absolute atomic E-state index is 0.118. The van der Waals surface area contributed by atoms with Crippen molar-refractivity contribution in [3.63, 3.8) is 0 Å². The quantitative estimate of drug-likeness (QED) is 0.302. The van der Waals surface area contributed by atoms with Gasteiger partial charge in [-0.1, -0.05) is 69.9 Å². The SMILES string of the molecule is CCCCCCC(=O)NC(Cc1ccccc1)C(=O)Nc1ccc(C(=O)OCCCC)cc1. The molecule has 2 aromatic carbocycles. The van der Waals surface area contributed by atoms with E-state index >= 15 is 0 Å². The van der Waals surface area contributed by atoms with Gasteiger partial charge in [0.25, 0.3) is 0 Å². The number of amides is 2. The monoisotopic (exact) mass is 452 g/mol. The Labute approximate surface area is 197 Å². The van der Waals surface area contributed by atoms with E-state index in [1.165, 1.54) is 0 Å². The van der Waals surface area contributed by atoms with E-state index in [1.807, 2.05) is 37.3 Å². The van der Waals surface area contributed by atoms with E-state index in [1.54, 1.807) is 24.3 Å². The third-order valence-corrected chi connectivity index (χ3v) is 5.31. The third-order valence-electron chi connectivity index (χ3n) is 5.31. The predicted octanol–water partition coefficient (Wildman–Crippen LogP) is 5.28. The van der Waals surface area contributed by atoms with Gasteiger partial charge in [-0.25, -0.2) is 4.79 Å². The number of rotatable bonds is 14. The number of ether oxygens (including phenoxy) is 1. The Kier molecular flexibility index (Phi) is 11.7. The fourth-order valence-corrected chi connectivity index (χ4v) is 3.35. The summed E-state index contributed by atoms with van der Waals surface area (Å²) >= 11 is 0. The van der Waals surface area contributed by atoms with Gasteiger partial charge in [-0.05, 0) is 42.7 Å². The van der Waals surface area contributed by atoms with Crippen LogP contribution in [0.2, 0.25) is 0 Å². The Morgan fingerprint density at radius 3 is 2.21 bits per heavy atom. The van der Waals surface area contributed by atoms with Gasteiger partial charge in [0.15, 0.2) is 0 Å². The largest absolute Gasteiger partial charge is 0.462 e. The lowest BCUT2D eigenvalue weighted by Crippen LogP contribution is -2.45. The summed E-state index contributed by atoms with van der Waals surface area (Å²) in [7, 11) is 0. The van der Waals surface area contributed by atoms with E-state index in [0.29, 0.717) is 30.7 Å². The second-order valence-corrected chi connectivity index (χ2v) is 8.18. The average molecular weight is 453 g/mol. The fraction of sp³-hybridized carbons (Fsp3) is 0.444. The van der Waals surface area contributed by atoms with E-state index in [0.717, 1.165) is 44.1 Å². The van der Waals surface area contributed by atoms with Gasteiger partial charge in [-0.3, -0.25) is 9.59 Å². The average Bonchev–Trinajstić information content (AvgIpc) is 2.82. The summed E-state index contributed by atoms with van der Waals surface area (Å²) in [5, 5.41) is 5.75. The van der Waals surface area contributed by atoms with Crippen LogP contribution < -0.4 is 10.6 Å². The topological polar surface area (TPSA) is 84.5 Å². The summed E-state index contributed by atoms with van der Waals surface area (Å²) in [6.45, 7) is 4.56. The first kappa shape index (κ1) is 26.1. The van der Waals surface area contributed by atoms with Crippen LogP contribution in [0, 0.1) is 0 Å². The molecule has 0 aliphatic carbocycles. The van der Waals surface area contributed by atoms with Crippen molar-refractivity contribution in [2.75, 3.05) is 11.9 Å². The zero-order valence-corrected chi connectivity index (χ0v) is 19.8. The number of hydrogen-bond acceptors (Lipinski definition) is 4. The molecule has 0 saturated carbocycles. The Hall–Kier alpha value is -3.15. The van der Waals surface area contributed by atoms with Gasteiger partial charge in [0.1, 0.15) is 6.04 Å². The van der Waals surface area contributed by atoms with Crippen molar-refractivity contribution in [2.24, 2.45) is 0 Å². The van der Waals surface area contributed by atoms with Crippen LogP contribution in [0.15, 0.2) is 54.6 Å². The van der Waals surface area contributed by atoms with E-state index in [-0.39, 0.29) is 17.8 Å². The number of nitrogens with one attached hydrogen (secondary N) is 2. The molecule has 0 aliphatic rings. The van der Waals surface area contributed by atoms with E-state index in [2.05, 4.69) is 17.6 Å². The first-order chi connectivity index (χ1) is 16.0. The van der Waals surface area contributed by atoms with E-state index < -0.39 is 6.04 Å². The summed E-state index contributed by atoms with van der Waals surface area (Å²) in [6.07, 6.45) is 6.62. The number of benzene rings is 2. The standard InChI is InChI=1S/C27H36N2O4/c1-3-5-7-11-14-25(30)29-24(20-21-12-9-8-10-13-21)26(31)28-23-17-15-22(16-18-23)27(32)33-19-6-4-2/h8-10,12-13,15-18,24H,3-7,11,14,19-20H2,1-2H3,(H,28,31)(H,29,30). The number of hydrogen-bond donors (Lipinski definition) is 2. The highest BCUT2D eigenvalue weighted by molar-refractivity contribution is 5.98. The Morgan fingerprint density at radius 2 is 1.55 bits per heavy atom. The molecule has 2 rings (SSSR count). The molecular formula is C27H36N2O4. The molecule has 0 bridgehead atoms. The zero-order chi connectivity index (χ0) is 23.9. The van der Waals surface area contributed by atoms with Crippen LogP contribution in [-0.4, -0.2) is 30.4 Å². The lowest BCUT2D eigenvalue weighted by Gasteiger charge is -2.19. The van der Waals surface area contributed by atoms with Gasteiger partial charge in [-0.15, -0.1) is 0 Å². The third kappa shape index (κ3) is 9.89. The smallest absolute Gasteiger partial charge is 0.338 e. The second-order valence-electron chi connectivity index (χ2n) is 8.18. The molecule has 0 aromatic heterocycles. The van der Waals surface area contributed by atoms with E-state index in [9.17, 15) is 14.4 Å². The van der Waals surface area contributed by atoms with Crippen molar-refractivity contribution >= 4 is 23.5 Å². The normalized spacial score (nSPS) is 11.5. The maximum Gasteiger partial charge on any atom is 0.338 e. The first-order valence-corrected chi connectivity index (χ1v) is 11.9. The number of carbonyl (C=O) groups excluding carboxylic acids is 3. The molecule has 0 spiro atoms. The van der Waals surface area contributed by atoms with Gasteiger partial charge < -0.3 is 15.4 Å². The zero-order valence-electron chi connectivity index (χ0n) is 19.8. The Bertz CT molecular complexity index is 865. The molecular weight excluding hydrogens is 416 g/mol. The molecule has 1 atom stereocenters. The summed E-state index contributed by atoms with van der Waals surface area (Å²) in [6, 6.07) is 15.5. The van der Waals surface area contributed by atoms with Gasteiger partial charge in [0, 0.05) is 18.5 Å². The summed E-state index contributed by atoms with van der Waals surface area (Å²) in [5.74, 6) is -0.787. The highest BCUT2D eigenvalue weighted by Gasteiger charge is 2.21. The first-order valence-electron chi connectivity index (χ1n) is 11.9. The van der Waals surface area contributed by atoms with Crippen LogP contribution in [0.4, 0.5) is 5.69 Å². The molecule has 33 heavy (non-hydrogen) atoms. The van der Waals surface area contributed by atoms with Gasteiger partial charge in [0.05, 0.1) is 12.2 Å². The highest BCUT2D eigenvalue weighted by atomic mass is 16.5. The van der Waals surface area contributed by atoms with Crippen LogP contribution >= 0.6 is 0 Å². The van der Waals surface area contributed by atoms with Crippen molar-refractivity contribution in [1.29, 1.82) is 0 Å². The lowest BCUT2D eigenvalue weighted by atomic mass is 10.0. The molecule has 0 aliphatic heterocycles. The van der Waals surface area contributed by atoms with Gasteiger partial charge in [-0.2, -0.15) is 0 Å². The molecule has 2 N–H and O–H groups in total. The molecule has 2 aromatic rings. The van der Waals surface area contributed by atoms with Crippen LogP contribution in [0.5, 0.6) is 0 Å². The maximum absolute atomic E-state index is 13.0. The van der Waals surface area contributed by atoms with E-state index in [4.69, 9.17) is 4.74 Å². The van der Waals surface area contributed by atoms with Crippen LogP contribution in [0.1, 0.15) is 74.7 Å². The second kappa shape index (κ2) is 14.8. The maximum atomic E-state index is 13.0. The molecule has 0 radical (unpaired) electrons. The molecule has 2 amide bonds. The van der Waals surface area contributed by atoms with Crippen molar-refractivity contribution < 1.29 is 19.1 Å². The van der Waals surface area contributed by atoms with Crippen molar-refractivity contribution in [3.05, 3.63) is 65.7 Å². The predicted molar refractivity (Wildman–Crippen MR) is 131 cm³/mol. The van der Waals surface area contributed by atoms with Crippen molar-refractivity contribution in [2.45, 2.75) is 71.3 Å². The van der Waals surface area contributed by atoms with Gasteiger partial charge >= 0.3 is 5.97 Å². The van der Waals surface area contributed by atoms with Crippen LogP contribution in [0.25, 0.3) is 0 Å². The molecule has 0 fully saturated rings. The number of unbranched alkanes of at least 4 members (excludes halogenated alkanes) is 4. The van der Waals surface area contributed by atoms with Crippen molar-refractivity contribution in [1.82, 2.24) is 5.32 Å². The van der Waals surface area contributed by atoms with Gasteiger partial charge in [0.2, 0.25) is 11.8 Å². The Balaban J connectivity index is 1.99. The summed E-state index contributed by atoms with van der Waals surface area (Å²) < 4.78 is 5.21. The summed E-state index contributed by atoms with van der Waals surface area (Å²) in [5.41, 5.74) is 1.96. The Morgan fingerprint density at radius 1 is 0.848 bits per heavy atom. The molecule has 0 heterocycles. The number of esters is 1. The highest BCUT2D eigenvalue weighted by Crippen LogP contribution is 2.13. The summed E-state index contributed by atoms with van der Waals surface area (Å²) in [4.78, 5) is 37.5.